The van der Waals surface area contributed by atoms with Crippen LogP contribution < -0.4 is 0 Å². The first-order valence-electron chi connectivity index (χ1n) is 10.4. The van der Waals surface area contributed by atoms with E-state index in [9.17, 15) is 0 Å². The summed E-state index contributed by atoms with van der Waals surface area (Å²) in [5.41, 5.74) is 11.8. The highest BCUT2D eigenvalue weighted by Crippen LogP contribution is 2.36. The van der Waals surface area contributed by atoms with Crippen molar-refractivity contribution in [1.82, 2.24) is 0 Å². The molecule has 0 unspecified atom stereocenters. The molecule has 0 spiro atoms. The van der Waals surface area contributed by atoms with Crippen molar-refractivity contribution < 1.29 is 0 Å². The summed E-state index contributed by atoms with van der Waals surface area (Å²) >= 11 is 0. The van der Waals surface area contributed by atoms with Gasteiger partial charge in [0.05, 0.1) is 0 Å². The van der Waals surface area contributed by atoms with Gasteiger partial charge in [-0.3, -0.25) is 0 Å². The van der Waals surface area contributed by atoms with E-state index in [1.165, 1.54) is 50.1 Å². The average molecular weight is 377 g/mol. The van der Waals surface area contributed by atoms with Gasteiger partial charge in [0, 0.05) is 0 Å². The Kier molecular flexibility index (Phi) is 5.36. The van der Waals surface area contributed by atoms with Crippen LogP contribution in [0.1, 0.15) is 36.5 Å². The lowest BCUT2D eigenvalue weighted by atomic mass is 9.88. The van der Waals surface area contributed by atoms with Crippen molar-refractivity contribution in [2.75, 3.05) is 0 Å². The summed E-state index contributed by atoms with van der Waals surface area (Å²) in [4.78, 5) is 0. The van der Waals surface area contributed by atoms with E-state index in [-0.39, 0.29) is 0 Å². The molecule has 0 aromatic heterocycles. The van der Waals surface area contributed by atoms with Gasteiger partial charge in [-0.2, -0.15) is 0 Å². The Hall–Kier alpha value is -3.12. The fraction of sp³-hybridized carbons (Fsp3) is 0.172. The van der Waals surface area contributed by atoms with Crippen molar-refractivity contribution in [3.05, 3.63) is 108 Å². The van der Waals surface area contributed by atoms with Crippen molar-refractivity contribution in [3.8, 4) is 33.4 Å². The predicted molar refractivity (Wildman–Crippen MR) is 126 cm³/mol. The van der Waals surface area contributed by atoms with Gasteiger partial charge in [-0.25, -0.2) is 0 Å². The monoisotopic (exact) mass is 376 g/mol. The highest BCUT2D eigenvalue weighted by atomic mass is 14.2. The molecular formula is C29H28. The molecule has 144 valence electrons. The minimum absolute atomic E-state index is 0.555. The molecule has 0 atom stereocenters. The molecule has 0 N–H and O–H groups in total. The minimum atomic E-state index is 0.555. The molecule has 0 aliphatic carbocycles. The van der Waals surface area contributed by atoms with Crippen LogP contribution in [0.5, 0.6) is 0 Å². The summed E-state index contributed by atoms with van der Waals surface area (Å²) in [5.74, 6) is 0.555. The van der Waals surface area contributed by atoms with E-state index in [0.717, 1.165) is 0 Å². The van der Waals surface area contributed by atoms with Crippen LogP contribution in [0.3, 0.4) is 0 Å². The van der Waals surface area contributed by atoms with Crippen LogP contribution in [0.15, 0.2) is 91.0 Å². The largest absolute Gasteiger partial charge is 0.0622 e. The zero-order chi connectivity index (χ0) is 20.4. The molecule has 0 bridgehead atoms. The fourth-order valence-corrected chi connectivity index (χ4v) is 4.15. The summed E-state index contributed by atoms with van der Waals surface area (Å²) in [6.07, 6.45) is 0. The van der Waals surface area contributed by atoms with Crippen LogP contribution in [-0.2, 0) is 0 Å². The van der Waals surface area contributed by atoms with Crippen molar-refractivity contribution in [2.24, 2.45) is 0 Å². The van der Waals surface area contributed by atoms with Crippen molar-refractivity contribution in [2.45, 2.75) is 33.6 Å². The third-order valence-electron chi connectivity index (χ3n) is 5.93. The molecule has 4 aromatic rings. The van der Waals surface area contributed by atoms with E-state index < -0.39 is 0 Å². The zero-order valence-corrected chi connectivity index (χ0v) is 17.7. The molecule has 0 aliphatic heterocycles. The molecule has 0 heteroatoms. The summed E-state index contributed by atoms with van der Waals surface area (Å²) in [6.45, 7) is 8.96. The molecule has 0 nitrogen and oxygen atoms in total. The lowest BCUT2D eigenvalue weighted by molar-refractivity contribution is 0.867. The smallest absolute Gasteiger partial charge is 0.0146 e. The summed E-state index contributed by atoms with van der Waals surface area (Å²) in [5, 5.41) is 0. The van der Waals surface area contributed by atoms with Crippen molar-refractivity contribution in [3.63, 3.8) is 0 Å². The highest BCUT2D eigenvalue weighted by Gasteiger charge is 2.13. The van der Waals surface area contributed by atoms with Crippen LogP contribution in [0.25, 0.3) is 33.4 Å². The molecule has 0 saturated heterocycles. The molecule has 0 saturated carbocycles. The third-order valence-corrected chi connectivity index (χ3v) is 5.93. The van der Waals surface area contributed by atoms with E-state index in [2.05, 4.69) is 119 Å². The third kappa shape index (κ3) is 3.76. The number of hydrogen-bond donors (Lipinski definition) is 0. The highest BCUT2D eigenvalue weighted by molar-refractivity contribution is 5.83. The molecule has 29 heavy (non-hydrogen) atoms. The molecule has 0 radical (unpaired) electrons. The average Bonchev–Trinajstić information content (AvgIpc) is 2.75. The van der Waals surface area contributed by atoms with E-state index in [0.29, 0.717) is 5.92 Å². The Morgan fingerprint density at radius 3 is 1.38 bits per heavy atom. The van der Waals surface area contributed by atoms with Gasteiger partial charge in [0.2, 0.25) is 0 Å². The predicted octanol–water partition coefficient (Wildman–Crippen LogP) is 8.43. The van der Waals surface area contributed by atoms with Crippen LogP contribution in [0.4, 0.5) is 0 Å². The normalized spacial score (nSPS) is 11.1. The van der Waals surface area contributed by atoms with Gasteiger partial charge in [-0.1, -0.05) is 105 Å². The second-order valence-electron chi connectivity index (χ2n) is 8.10. The van der Waals surface area contributed by atoms with Crippen LogP contribution in [0, 0.1) is 13.8 Å². The van der Waals surface area contributed by atoms with Crippen LogP contribution in [-0.4, -0.2) is 0 Å². The first-order valence-corrected chi connectivity index (χ1v) is 10.4. The first kappa shape index (κ1) is 19.2. The van der Waals surface area contributed by atoms with E-state index in [4.69, 9.17) is 0 Å². The van der Waals surface area contributed by atoms with Gasteiger partial charge in [0.1, 0.15) is 0 Å². The van der Waals surface area contributed by atoms with Gasteiger partial charge in [-0.05, 0) is 69.8 Å². The summed E-state index contributed by atoms with van der Waals surface area (Å²) in [6, 6.07) is 33.0. The Morgan fingerprint density at radius 1 is 0.448 bits per heavy atom. The maximum absolute atomic E-state index is 2.26. The van der Waals surface area contributed by atoms with E-state index in [1.807, 2.05) is 0 Å². The Labute approximate surface area is 174 Å². The topological polar surface area (TPSA) is 0 Å². The number of hydrogen-bond acceptors (Lipinski definition) is 0. The van der Waals surface area contributed by atoms with Crippen molar-refractivity contribution in [1.29, 1.82) is 0 Å². The van der Waals surface area contributed by atoms with E-state index in [1.54, 1.807) is 0 Å². The number of benzene rings is 4. The maximum atomic E-state index is 2.26. The standard InChI is InChI=1S/C29H28/c1-20(2)23-16-18-25(19-17-23)27-13-9-15-29(22(27)4)28-14-8-12-26(21(28)3)24-10-6-5-7-11-24/h5-20H,1-4H3. The van der Waals surface area contributed by atoms with Crippen LogP contribution in [0.2, 0.25) is 0 Å². The lowest BCUT2D eigenvalue weighted by Crippen LogP contribution is -1.93. The lowest BCUT2D eigenvalue weighted by Gasteiger charge is -2.17. The Bertz CT molecular complexity index is 1120. The van der Waals surface area contributed by atoms with Gasteiger partial charge < -0.3 is 0 Å². The molecule has 0 heterocycles. The van der Waals surface area contributed by atoms with Gasteiger partial charge in [0.25, 0.3) is 0 Å². The quantitative estimate of drug-likeness (QED) is 0.335. The van der Waals surface area contributed by atoms with E-state index >= 15 is 0 Å². The molecular weight excluding hydrogens is 348 g/mol. The second-order valence-corrected chi connectivity index (χ2v) is 8.10. The maximum Gasteiger partial charge on any atom is -0.0146 e. The molecule has 0 aliphatic rings. The molecule has 0 amide bonds. The van der Waals surface area contributed by atoms with Gasteiger partial charge >= 0.3 is 0 Å². The Morgan fingerprint density at radius 2 is 0.897 bits per heavy atom. The molecule has 0 fully saturated rings. The Balaban J connectivity index is 1.80. The fourth-order valence-electron chi connectivity index (χ4n) is 4.15. The number of rotatable bonds is 4. The second kappa shape index (κ2) is 8.09. The summed E-state index contributed by atoms with van der Waals surface area (Å²) in [7, 11) is 0. The van der Waals surface area contributed by atoms with Gasteiger partial charge in [-0.15, -0.1) is 0 Å². The van der Waals surface area contributed by atoms with Crippen molar-refractivity contribution >= 4 is 0 Å². The minimum Gasteiger partial charge on any atom is -0.0622 e. The molecule has 4 aromatic carbocycles. The summed E-state index contributed by atoms with van der Waals surface area (Å²) < 4.78 is 0. The molecule has 4 rings (SSSR count). The van der Waals surface area contributed by atoms with Gasteiger partial charge in [0.15, 0.2) is 0 Å². The first-order chi connectivity index (χ1) is 14.1. The van der Waals surface area contributed by atoms with Crippen LogP contribution >= 0.6 is 0 Å². The SMILES string of the molecule is Cc1c(-c2ccccc2)cccc1-c1cccc(-c2ccc(C(C)C)cc2)c1C. The zero-order valence-electron chi connectivity index (χ0n) is 17.7.